The summed E-state index contributed by atoms with van der Waals surface area (Å²) in [6.45, 7) is 1.68. The van der Waals surface area contributed by atoms with Crippen LogP contribution in [0.2, 0.25) is 0 Å². The number of amides is 1. The van der Waals surface area contributed by atoms with Crippen LogP contribution in [0, 0.1) is 11.8 Å². The van der Waals surface area contributed by atoms with Crippen LogP contribution in [-0.4, -0.2) is 55.6 Å². The molecule has 3 atom stereocenters. The molecule has 1 amide bonds. The van der Waals surface area contributed by atoms with Crippen LogP contribution in [0.4, 0.5) is 0 Å². The van der Waals surface area contributed by atoms with Crippen LogP contribution in [0.1, 0.15) is 36.0 Å². The second-order valence-corrected chi connectivity index (χ2v) is 10.5. The fourth-order valence-corrected chi connectivity index (χ4v) is 6.28. The second-order valence-electron chi connectivity index (χ2n) is 10.5. The van der Waals surface area contributed by atoms with E-state index in [2.05, 4.69) is 26.3 Å². The van der Waals surface area contributed by atoms with Crippen molar-refractivity contribution in [3.05, 3.63) is 42.1 Å². The lowest BCUT2D eigenvalue weighted by atomic mass is 10.1. The number of methoxy groups -OCH3 is 1. The van der Waals surface area contributed by atoms with E-state index in [1.54, 1.807) is 7.11 Å². The lowest BCUT2D eigenvalue weighted by Gasteiger charge is -2.27. The van der Waals surface area contributed by atoms with Gasteiger partial charge in [-0.1, -0.05) is 0 Å². The number of likely N-dealkylation sites (tertiary alicyclic amines) is 1. The Kier molecular flexibility index (Phi) is 4.52. The number of aromatic nitrogens is 4. The van der Waals surface area contributed by atoms with Gasteiger partial charge in [0.1, 0.15) is 16.9 Å². The van der Waals surface area contributed by atoms with Crippen molar-refractivity contribution < 1.29 is 9.53 Å². The van der Waals surface area contributed by atoms with Crippen LogP contribution in [0.3, 0.4) is 0 Å². The molecule has 4 heterocycles. The van der Waals surface area contributed by atoms with Crippen LogP contribution in [-0.2, 0) is 13.6 Å². The molecule has 2 aliphatic carbocycles. The minimum atomic E-state index is 0.0205. The number of nitrogens with two attached hydrogens (primary N) is 1. The maximum Gasteiger partial charge on any atom is 0.254 e. The van der Waals surface area contributed by atoms with E-state index in [0.717, 1.165) is 59.5 Å². The molecule has 2 N–H and O–H groups in total. The number of hydrogen-bond acceptors (Lipinski definition) is 5. The Morgan fingerprint density at radius 1 is 1.20 bits per heavy atom. The summed E-state index contributed by atoms with van der Waals surface area (Å²) in [4.78, 5) is 25.2. The van der Waals surface area contributed by atoms with Crippen molar-refractivity contribution in [3.8, 4) is 17.3 Å². The number of carbonyl (C=O) groups excluding carboxylic acids is 1. The first kappa shape index (κ1) is 20.9. The summed E-state index contributed by atoms with van der Waals surface area (Å²) < 4.78 is 10.2. The van der Waals surface area contributed by atoms with Gasteiger partial charge in [-0.25, -0.2) is 9.97 Å². The maximum absolute atomic E-state index is 13.5. The number of ether oxygens (including phenoxy) is 1. The quantitative estimate of drug-likeness (QED) is 0.482. The standard InChI is InChI=1S/C27H30N6O2/c1-31-24-19(10-18(12-22(24)35-2)27(34)33-14-17-7-8-20(33)23(17)28)30-26(31)21-11-16-4-3-9-29-25(16)32(21)13-15-5-6-15/h3-4,9-12,15,17,20,23H,5-8,13-14,28H2,1-2H3/t17-,20-,23-/m1/s1. The molecule has 0 unspecified atom stereocenters. The molecule has 8 heteroatoms. The summed E-state index contributed by atoms with van der Waals surface area (Å²) in [6.07, 6.45) is 6.48. The molecule has 35 heavy (non-hydrogen) atoms. The van der Waals surface area contributed by atoms with Crippen LogP contribution in [0.15, 0.2) is 36.5 Å². The fraction of sp³-hybridized carbons (Fsp3) is 0.444. The van der Waals surface area contributed by atoms with Gasteiger partial charge in [0.05, 0.1) is 18.3 Å². The van der Waals surface area contributed by atoms with Crippen LogP contribution < -0.4 is 10.5 Å². The van der Waals surface area contributed by atoms with E-state index in [9.17, 15) is 4.79 Å². The Hall–Kier alpha value is -3.39. The average molecular weight is 471 g/mol. The Balaban J connectivity index is 1.35. The molecule has 0 radical (unpaired) electrons. The minimum Gasteiger partial charge on any atom is -0.494 e. The second kappa shape index (κ2) is 7.55. The smallest absolute Gasteiger partial charge is 0.254 e. The van der Waals surface area contributed by atoms with E-state index in [1.807, 2.05) is 36.3 Å². The Morgan fingerprint density at radius 3 is 2.77 bits per heavy atom. The molecule has 180 valence electrons. The molecule has 1 aliphatic heterocycles. The van der Waals surface area contributed by atoms with Crippen molar-refractivity contribution in [1.29, 1.82) is 0 Å². The zero-order valence-electron chi connectivity index (χ0n) is 20.1. The van der Waals surface area contributed by atoms with Crippen molar-refractivity contribution in [2.75, 3.05) is 13.7 Å². The van der Waals surface area contributed by atoms with Crippen molar-refractivity contribution in [2.24, 2.45) is 24.6 Å². The van der Waals surface area contributed by atoms with Crippen molar-refractivity contribution in [3.63, 3.8) is 0 Å². The van der Waals surface area contributed by atoms with Gasteiger partial charge < -0.3 is 24.5 Å². The van der Waals surface area contributed by atoms with E-state index in [4.69, 9.17) is 15.5 Å². The molecule has 8 nitrogen and oxygen atoms in total. The molecule has 1 aromatic carbocycles. The minimum absolute atomic E-state index is 0.0205. The summed E-state index contributed by atoms with van der Waals surface area (Å²) in [5.41, 5.74) is 10.7. The van der Waals surface area contributed by atoms with E-state index in [1.165, 1.54) is 12.8 Å². The van der Waals surface area contributed by atoms with Gasteiger partial charge in [0.25, 0.3) is 5.91 Å². The number of piperidine rings is 1. The Morgan fingerprint density at radius 2 is 2.06 bits per heavy atom. The highest BCUT2D eigenvalue weighted by molar-refractivity contribution is 6.00. The highest BCUT2D eigenvalue weighted by atomic mass is 16.5. The van der Waals surface area contributed by atoms with Gasteiger partial charge in [-0.3, -0.25) is 4.79 Å². The highest BCUT2D eigenvalue weighted by Crippen LogP contribution is 2.40. The lowest BCUT2D eigenvalue weighted by Crippen LogP contribution is -2.41. The molecule has 2 saturated carbocycles. The predicted octanol–water partition coefficient (Wildman–Crippen LogP) is 3.57. The maximum atomic E-state index is 13.5. The Labute approximate surface area is 203 Å². The number of hydrogen-bond donors (Lipinski definition) is 1. The first-order chi connectivity index (χ1) is 17.0. The van der Waals surface area contributed by atoms with Gasteiger partial charge in [-0.05, 0) is 67.9 Å². The number of pyridine rings is 1. The third-order valence-corrected chi connectivity index (χ3v) is 8.34. The number of nitrogens with zero attached hydrogens (tertiary/aromatic N) is 5. The predicted molar refractivity (Wildman–Crippen MR) is 134 cm³/mol. The topological polar surface area (TPSA) is 91.2 Å². The van der Waals surface area contributed by atoms with Gasteiger partial charge in [-0.15, -0.1) is 0 Å². The molecule has 3 aromatic heterocycles. The molecule has 2 bridgehead atoms. The number of benzene rings is 1. The third-order valence-electron chi connectivity index (χ3n) is 8.34. The number of aryl methyl sites for hydroxylation is 1. The van der Waals surface area contributed by atoms with Crippen molar-refractivity contribution in [2.45, 2.75) is 44.3 Å². The summed E-state index contributed by atoms with van der Waals surface area (Å²) in [7, 11) is 3.66. The first-order valence-electron chi connectivity index (χ1n) is 12.6. The number of rotatable bonds is 5. The molecule has 3 aliphatic rings. The Bertz CT molecular complexity index is 1480. The first-order valence-corrected chi connectivity index (χ1v) is 12.6. The van der Waals surface area contributed by atoms with Gasteiger partial charge >= 0.3 is 0 Å². The van der Waals surface area contributed by atoms with Crippen LogP contribution in [0.5, 0.6) is 5.75 Å². The van der Waals surface area contributed by atoms with Crippen molar-refractivity contribution >= 4 is 28.0 Å². The molecule has 4 aromatic rings. The molecular formula is C27H30N6O2. The van der Waals surface area contributed by atoms with Gasteiger partial charge in [0, 0.05) is 49.4 Å². The monoisotopic (exact) mass is 470 g/mol. The van der Waals surface area contributed by atoms with E-state index in [0.29, 0.717) is 23.1 Å². The summed E-state index contributed by atoms with van der Waals surface area (Å²) in [6, 6.07) is 10.2. The zero-order chi connectivity index (χ0) is 23.8. The number of imidazole rings is 1. The molecule has 3 fully saturated rings. The van der Waals surface area contributed by atoms with Crippen LogP contribution in [0.25, 0.3) is 33.6 Å². The van der Waals surface area contributed by atoms with Gasteiger partial charge in [0.15, 0.2) is 5.82 Å². The van der Waals surface area contributed by atoms with E-state index >= 15 is 0 Å². The molecule has 1 saturated heterocycles. The molecule has 0 spiro atoms. The van der Waals surface area contributed by atoms with Crippen LogP contribution >= 0.6 is 0 Å². The number of fused-ring (bicyclic) bond motifs is 4. The average Bonchev–Trinajstić information content (AvgIpc) is 3.27. The van der Waals surface area contributed by atoms with E-state index < -0.39 is 0 Å². The molecular weight excluding hydrogens is 440 g/mol. The number of carbonyl (C=O) groups is 1. The zero-order valence-corrected chi connectivity index (χ0v) is 20.1. The summed E-state index contributed by atoms with van der Waals surface area (Å²) >= 11 is 0. The summed E-state index contributed by atoms with van der Waals surface area (Å²) in [5.74, 6) is 2.64. The lowest BCUT2D eigenvalue weighted by molar-refractivity contribution is 0.0700. The SMILES string of the molecule is COc1cc(C(=O)N2C[C@H]3CC[C@@H]2[C@@H]3N)cc2nc(-c3cc4cccnc4n3CC3CC3)n(C)c12. The van der Waals surface area contributed by atoms with Crippen molar-refractivity contribution in [1.82, 2.24) is 24.0 Å². The summed E-state index contributed by atoms with van der Waals surface area (Å²) in [5, 5.41) is 1.11. The third kappa shape index (κ3) is 3.12. The highest BCUT2D eigenvalue weighted by Gasteiger charge is 2.47. The fourth-order valence-electron chi connectivity index (χ4n) is 6.28. The molecule has 7 rings (SSSR count). The van der Waals surface area contributed by atoms with E-state index in [-0.39, 0.29) is 18.0 Å². The van der Waals surface area contributed by atoms with Gasteiger partial charge in [0.2, 0.25) is 0 Å². The largest absolute Gasteiger partial charge is 0.494 e. The normalized spacial score (nSPS) is 23.6. The van der Waals surface area contributed by atoms with Gasteiger partial charge in [-0.2, -0.15) is 0 Å².